The first-order valence-corrected chi connectivity index (χ1v) is 8.68. The minimum absolute atomic E-state index is 0.143. The van der Waals surface area contributed by atoms with Crippen LogP contribution >= 0.6 is 11.3 Å². The van der Waals surface area contributed by atoms with Crippen LogP contribution in [0.5, 0.6) is 0 Å². The van der Waals surface area contributed by atoms with Crippen molar-refractivity contribution in [2.75, 3.05) is 0 Å². The number of amides is 1. The zero-order valence-corrected chi connectivity index (χ0v) is 12.7. The molecule has 1 aliphatic rings. The molecule has 1 aromatic heterocycles. The molecule has 0 unspecified atom stereocenters. The minimum Gasteiger partial charge on any atom is -0.274 e. The second kappa shape index (κ2) is 5.58. The molecule has 1 heterocycles. The van der Waals surface area contributed by atoms with Gasteiger partial charge in [-0.2, -0.15) is 0 Å². The van der Waals surface area contributed by atoms with E-state index < -0.39 is 15.9 Å². The fraction of sp³-hybridized carbons (Fsp3) is 0.667. The summed E-state index contributed by atoms with van der Waals surface area (Å²) in [6, 6.07) is 0. The van der Waals surface area contributed by atoms with E-state index in [1.165, 1.54) is 0 Å². The van der Waals surface area contributed by atoms with Crippen LogP contribution in [0.2, 0.25) is 0 Å². The van der Waals surface area contributed by atoms with Crippen LogP contribution in [0.25, 0.3) is 0 Å². The van der Waals surface area contributed by atoms with E-state index in [2.05, 4.69) is 9.71 Å². The first-order chi connectivity index (χ1) is 8.88. The van der Waals surface area contributed by atoms with E-state index in [0.717, 1.165) is 37.0 Å². The average molecular weight is 302 g/mol. The van der Waals surface area contributed by atoms with E-state index in [4.69, 9.17) is 0 Å². The molecule has 1 aliphatic carbocycles. The van der Waals surface area contributed by atoms with Gasteiger partial charge >= 0.3 is 0 Å². The Bertz CT molecular complexity index is 572. The van der Waals surface area contributed by atoms with Gasteiger partial charge in [-0.25, -0.2) is 18.1 Å². The molecule has 2 rings (SSSR count). The third-order valence-corrected chi connectivity index (χ3v) is 6.36. The smallest absolute Gasteiger partial charge is 0.274 e. The zero-order chi connectivity index (χ0) is 14.0. The van der Waals surface area contributed by atoms with Crippen molar-refractivity contribution < 1.29 is 13.2 Å². The standard InChI is InChI=1S/C12H18N2O3S2/c1-8-12(18-9(2)13-8)19(16,17)14-11(15)7-10-5-3-4-6-10/h10H,3-7H2,1-2H3,(H,14,15). The third-order valence-electron chi connectivity index (χ3n) is 3.30. The molecule has 1 saturated carbocycles. The van der Waals surface area contributed by atoms with Crippen molar-refractivity contribution in [1.29, 1.82) is 0 Å². The molecule has 0 bridgehead atoms. The highest BCUT2D eigenvalue weighted by Crippen LogP contribution is 2.28. The maximum absolute atomic E-state index is 12.1. The molecule has 1 aromatic rings. The van der Waals surface area contributed by atoms with Crippen molar-refractivity contribution in [2.24, 2.45) is 5.92 Å². The van der Waals surface area contributed by atoms with Gasteiger partial charge in [0.2, 0.25) is 5.91 Å². The summed E-state index contributed by atoms with van der Waals surface area (Å²) >= 11 is 1.09. The van der Waals surface area contributed by atoms with Crippen LogP contribution in [0.15, 0.2) is 4.21 Å². The Hall–Kier alpha value is -0.950. The van der Waals surface area contributed by atoms with Gasteiger partial charge in [-0.1, -0.05) is 12.8 Å². The second-order valence-corrected chi connectivity index (χ2v) is 8.07. The number of hydrogen-bond acceptors (Lipinski definition) is 5. The molecule has 5 nitrogen and oxygen atoms in total. The lowest BCUT2D eigenvalue weighted by Gasteiger charge is -2.09. The normalized spacial score (nSPS) is 16.7. The summed E-state index contributed by atoms with van der Waals surface area (Å²) < 4.78 is 26.5. The maximum atomic E-state index is 12.1. The van der Waals surface area contributed by atoms with Gasteiger partial charge in [0.1, 0.15) is 0 Å². The van der Waals surface area contributed by atoms with Crippen LogP contribution < -0.4 is 4.72 Å². The average Bonchev–Trinajstić information content (AvgIpc) is 2.87. The van der Waals surface area contributed by atoms with Gasteiger partial charge in [-0.05, 0) is 32.6 Å². The van der Waals surface area contributed by atoms with Crippen LogP contribution in [0.1, 0.15) is 42.8 Å². The molecule has 1 fully saturated rings. The molecule has 0 atom stereocenters. The molecule has 1 N–H and O–H groups in total. The van der Waals surface area contributed by atoms with Crippen molar-refractivity contribution in [1.82, 2.24) is 9.71 Å². The van der Waals surface area contributed by atoms with Crippen molar-refractivity contribution >= 4 is 27.3 Å². The van der Waals surface area contributed by atoms with Gasteiger partial charge in [0.15, 0.2) is 4.21 Å². The Balaban J connectivity index is 2.04. The Labute approximate surface area is 117 Å². The highest BCUT2D eigenvalue weighted by molar-refractivity contribution is 7.92. The van der Waals surface area contributed by atoms with E-state index in [1.807, 2.05) is 0 Å². The fourth-order valence-corrected chi connectivity index (χ4v) is 4.96. The van der Waals surface area contributed by atoms with Crippen LogP contribution in [0.3, 0.4) is 0 Å². The lowest BCUT2D eigenvalue weighted by molar-refractivity contribution is -0.120. The molecule has 7 heteroatoms. The quantitative estimate of drug-likeness (QED) is 0.924. The monoisotopic (exact) mass is 302 g/mol. The van der Waals surface area contributed by atoms with Crippen molar-refractivity contribution in [3.05, 3.63) is 10.7 Å². The molecular weight excluding hydrogens is 284 g/mol. The van der Waals surface area contributed by atoms with Gasteiger partial charge in [0, 0.05) is 6.42 Å². The summed E-state index contributed by atoms with van der Waals surface area (Å²) in [6.07, 6.45) is 4.62. The molecular formula is C12H18N2O3S2. The number of aromatic nitrogens is 1. The van der Waals surface area contributed by atoms with E-state index in [0.29, 0.717) is 23.0 Å². The summed E-state index contributed by atoms with van der Waals surface area (Å²) in [6.45, 7) is 3.39. The Morgan fingerprint density at radius 3 is 2.53 bits per heavy atom. The molecule has 0 radical (unpaired) electrons. The second-order valence-electron chi connectivity index (χ2n) is 4.99. The Morgan fingerprint density at radius 1 is 1.37 bits per heavy atom. The first-order valence-electron chi connectivity index (χ1n) is 6.38. The molecule has 0 spiro atoms. The van der Waals surface area contributed by atoms with Gasteiger partial charge in [-0.3, -0.25) is 4.79 Å². The highest BCUT2D eigenvalue weighted by Gasteiger charge is 2.25. The largest absolute Gasteiger partial charge is 0.275 e. The van der Waals surface area contributed by atoms with Crippen molar-refractivity contribution in [3.8, 4) is 0 Å². The number of carbonyl (C=O) groups is 1. The molecule has 1 amide bonds. The summed E-state index contributed by atoms with van der Waals surface area (Å²) in [5, 5.41) is 0.682. The molecule has 0 aromatic carbocycles. The number of nitrogens with zero attached hydrogens (tertiary/aromatic N) is 1. The molecule has 0 saturated heterocycles. The van der Waals surface area contributed by atoms with Gasteiger partial charge < -0.3 is 0 Å². The van der Waals surface area contributed by atoms with E-state index in [1.54, 1.807) is 13.8 Å². The van der Waals surface area contributed by atoms with Crippen LogP contribution in [0.4, 0.5) is 0 Å². The minimum atomic E-state index is -3.75. The summed E-state index contributed by atoms with van der Waals surface area (Å²) in [7, 11) is -3.75. The first kappa shape index (κ1) is 14.5. The van der Waals surface area contributed by atoms with Gasteiger partial charge in [-0.15, -0.1) is 11.3 Å². The number of hydrogen-bond donors (Lipinski definition) is 1. The van der Waals surface area contributed by atoms with E-state index in [-0.39, 0.29) is 4.21 Å². The van der Waals surface area contributed by atoms with E-state index in [9.17, 15) is 13.2 Å². The molecule has 106 valence electrons. The maximum Gasteiger partial charge on any atom is 0.275 e. The number of aryl methyl sites for hydroxylation is 2. The number of carbonyl (C=O) groups excluding carboxylic acids is 1. The van der Waals surface area contributed by atoms with Gasteiger partial charge in [0.25, 0.3) is 10.0 Å². The predicted molar refractivity (Wildman–Crippen MR) is 73.5 cm³/mol. The van der Waals surface area contributed by atoms with Crippen LogP contribution in [-0.2, 0) is 14.8 Å². The number of nitrogens with one attached hydrogen (secondary N) is 1. The number of sulfonamides is 1. The summed E-state index contributed by atoms with van der Waals surface area (Å²) in [5.41, 5.74) is 0.448. The fourth-order valence-electron chi connectivity index (χ4n) is 2.48. The number of thiazole rings is 1. The van der Waals surface area contributed by atoms with Crippen molar-refractivity contribution in [3.63, 3.8) is 0 Å². The lowest BCUT2D eigenvalue weighted by atomic mass is 10.0. The summed E-state index contributed by atoms with van der Waals surface area (Å²) in [5.74, 6) is -0.0724. The van der Waals surface area contributed by atoms with Crippen LogP contribution in [-0.4, -0.2) is 19.3 Å². The van der Waals surface area contributed by atoms with Crippen molar-refractivity contribution in [2.45, 2.75) is 50.2 Å². The Morgan fingerprint density at radius 2 is 2.00 bits per heavy atom. The topological polar surface area (TPSA) is 76.1 Å². The van der Waals surface area contributed by atoms with Gasteiger partial charge in [0.05, 0.1) is 10.7 Å². The van der Waals surface area contributed by atoms with Crippen LogP contribution in [0, 0.1) is 19.8 Å². The molecule has 0 aliphatic heterocycles. The highest BCUT2D eigenvalue weighted by atomic mass is 32.2. The number of rotatable bonds is 4. The lowest BCUT2D eigenvalue weighted by Crippen LogP contribution is -2.31. The van der Waals surface area contributed by atoms with E-state index >= 15 is 0 Å². The predicted octanol–water partition coefficient (Wildman–Crippen LogP) is 2.15. The Kier molecular flexibility index (Phi) is 4.25. The summed E-state index contributed by atoms with van der Waals surface area (Å²) in [4.78, 5) is 15.9. The molecule has 19 heavy (non-hydrogen) atoms. The SMILES string of the molecule is Cc1nc(C)c(S(=O)(=O)NC(=O)CC2CCCC2)s1. The third kappa shape index (κ3) is 3.54. The zero-order valence-electron chi connectivity index (χ0n) is 11.1.